The van der Waals surface area contributed by atoms with Crippen molar-refractivity contribution in [2.24, 2.45) is 0 Å². The van der Waals surface area contributed by atoms with Crippen LogP contribution >= 0.6 is 11.6 Å². The molecule has 1 aromatic heterocycles. The highest BCUT2D eigenvalue weighted by atomic mass is 35.5. The number of halogens is 1. The third-order valence-corrected chi connectivity index (χ3v) is 3.29. The highest BCUT2D eigenvalue weighted by Crippen LogP contribution is 2.27. The van der Waals surface area contributed by atoms with Crippen LogP contribution in [0.1, 0.15) is 22.3 Å². The molecule has 0 atom stereocenters. The van der Waals surface area contributed by atoms with E-state index < -0.39 is 5.97 Å². The van der Waals surface area contributed by atoms with Gasteiger partial charge in [-0.1, -0.05) is 17.7 Å². The Morgan fingerprint density at radius 1 is 1.39 bits per heavy atom. The van der Waals surface area contributed by atoms with Crippen LogP contribution in [0.4, 0.5) is 0 Å². The van der Waals surface area contributed by atoms with Gasteiger partial charge in [-0.2, -0.15) is 0 Å². The Hall–Kier alpha value is -1.81. The molecule has 0 unspecified atom stereocenters. The van der Waals surface area contributed by atoms with E-state index in [9.17, 15) is 9.59 Å². The molecule has 2 rings (SSSR count). The van der Waals surface area contributed by atoms with Crippen LogP contribution in [-0.2, 0) is 9.53 Å². The Bertz CT molecular complexity index is 630. The van der Waals surface area contributed by atoms with Crippen molar-refractivity contribution in [1.29, 1.82) is 0 Å². The van der Waals surface area contributed by atoms with Gasteiger partial charge in [-0.15, -0.1) is 0 Å². The van der Waals surface area contributed by atoms with Gasteiger partial charge in [0.25, 0.3) is 0 Å². The number of methoxy groups -OCH3 is 1. The molecule has 0 bridgehead atoms. The number of Topliss-reactive ketones (excluding diaryl/α,β-unsaturated/α-hetero) is 1. The van der Waals surface area contributed by atoms with E-state index in [0.29, 0.717) is 10.6 Å². The number of fused-ring (bicyclic) bond motifs is 1. The number of carbonyl (C=O) groups is 2. The number of carbonyl (C=O) groups excluding carboxylic acids is 2. The van der Waals surface area contributed by atoms with Crippen LogP contribution in [0.25, 0.3) is 10.9 Å². The fourth-order valence-electron chi connectivity index (χ4n) is 1.85. The second kappa shape index (κ2) is 4.82. The van der Waals surface area contributed by atoms with Gasteiger partial charge in [0.2, 0.25) is 0 Å². The molecule has 0 aliphatic carbocycles. The molecular weight excluding hydrogens is 254 g/mol. The van der Waals surface area contributed by atoms with Gasteiger partial charge in [0.05, 0.1) is 12.6 Å². The van der Waals surface area contributed by atoms with E-state index in [1.165, 1.54) is 7.11 Å². The first kappa shape index (κ1) is 12.6. The van der Waals surface area contributed by atoms with E-state index in [1.54, 1.807) is 18.3 Å². The van der Waals surface area contributed by atoms with E-state index in [2.05, 4.69) is 9.72 Å². The second-order valence-electron chi connectivity index (χ2n) is 3.97. The third-order valence-electron chi connectivity index (χ3n) is 2.88. The maximum Gasteiger partial charge on any atom is 0.313 e. The summed E-state index contributed by atoms with van der Waals surface area (Å²) in [6.07, 6.45) is 1.34. The Morgan fingerprint density at radius 3 is 2.78 bits per heavy atom. The zero-order valence-corrected chi connectivity index (χ0v) is 10.8. The molecule has 1 aromatic carbocycles. The number of aromatic nitrogens is 1. The lowest BCUT2D eigenvalue weighted by Crippen LogP contribution is -2.09. The van der Waals surface area contributed by atoms with Crippen molar-refractivity contribution >= 4 is 34.3 Å². The molecule has 0 aliphatic heterocycles. The van der Waals surface area contributed by atoms with Crippen molar-refractivity contribution in [2.75, 3.05) is 7.11 Å². The quantitative estimate of drug-likeness (QED) is 0.527. The number of ether oxygens (including phenoxy) is 1. The van der Waals surface area contributed by atoms with Crippen LogP contribution in [0.5, 0.6) is 0 Å². The summed E-state index contributed by atoms with van der Waals surface area (Å²) in [5, 5.41) is 1.40. The Kier molecular flexibility index (Phi) is 3.39. The molecule has 94 valence electrons. The first-order valence-electron chi connectivity index (χ1n) is 5.40. The Balaban J connectivity index is 2.44. The van der Waals surface area contributed by atoms with Crippen molar-refractivity contribution in [1.82, 2.24) is 4.98 Å². The number of rotatable bonds is 3. The number of hydrogen-bond acceptors (Lipinski definition) is 3. The number of hydrogen-bond donors (Lipinski definition) is 1. The molecule has 1 N–H and O–H groups in total. The first-order chi connectivity index (χ1) is 8.54. The summed E-state index contributed by atoms with van der Waals surface area (Å²) in [5.41, 5.74) is 2.18. The summed E-state index contributed by atoms with van der Waals surface area (Å²) in [7, 11) is 1.26. The summed E-state index contributed by atoms with van der Waals surface area (Å²) in [6, 6.07) is 3.51. The van der Waals surface area contributed by atoms with Gasteiger partial charge in [0.15, 0.2) is 5.78 Å². The largest absolute Gasteiger partial charge is 0.469 e. The summed E-state index contributed by atoms with van der Waals surface area (Å²) in [6.45, 7) is 1.87. The standard InChI is InChI=1S/C13H12ClNO3/c1-7-10(14)4-3-8-9(6-15-13(7)8)11(16)5-12(17)18-2/h3-4,6,15H,5H2,1-2H3. The minimum absolute atomic E-state index is 0.259. The van der Waals surface area contributed by atoms with Crippen LogP contribution in [0.2, 0.25) is 5.02 Å². The molecule has 0 spiro atoms. The number of esters is 1. The van der Waals surface area contributed by atoms with Crippen molar-refractivity contribution in [3.8, 4) is 0 Å². The van der Waals surface area contributed by atoms with Crippen molar-refractivity contribution < 1.29 is 14.3 Å². The number of nitrogens with one attached hydrogen (secondary N) is 1. The van der Waals surface area contributed by atoms with Gasteiger partial charge >= 0.3 is 5.97 Å². The maximum absolute atomic E-state index is 11.9. The van der Waals surface area contributed by atoms with E-state index in [1.807, 2.05) is 6.92 Å². The van der Waals surface area contributed by atoms with Crippen LogP contribution in [0, 0.1) is 6.92 Å². The zero-order valence-electron chi connectivity index (χ0n) is 10.0. The van der Waals surface area contributed by atoms with Crippen molar-refractivity contribution in [2.45, 2.75) is 13.3 Å². The summed E-state index contributed by atoms with van der Waals surface area (Å²) >= 11 is 6.00. The Morgan fingerprint density at radius 2 is 2.11 bits per heavy atom. The third kappa shape index (κ3) is 2.11. The molecule has 0 amide bonds. The summed E-state index contributed by atoms with van der Waals surface area (Å²) < 4.78 is 4.48. The van der Waals surface area contributed by atoms with Gasteiger partial charge in [-0.05, 0) is 18.6 Å². The SMILES string of the molecule is COC(=O)CC(=O)c1c[nH]c2c(C)c(Cl)ccc12. The molecule has 0 aliphatic rings. The molecular formula is C13H12ClNO3. The first-order valence-corrected chi connectivity index (χ1v) is 5.78. The van der Waals surface area contributed by atoms with Gasteiger partial charge in [-0.3, -0.25) is 9.59 Å². The summed E-state index contributed by atoms with van der Waals surface area (Å²) in [5.74, 6) is -0.810. The number of aryl methyl sites for hydroxylation is 1. The lowest BCUT2D eigenvalue weighted by Gasteiger charge is -2.01. The average Bonchev–Trinajstić information content (AvgIpc) is 2.78. The molecule has 18 heavy (non-hydrogen) atoms. The highest BCUT2D eigenvalue weighted by molar-refractivity contribution is 6.32. The molecule has 4 nitrogen and oxygen atoms in total. The lowest BCUT2D eigenvalue weighted by molar-refractivity contribution is -0.139. The zero-order chi connectivity index (χ0) is 13.3. The van der Waals surface area contributed by atoms with E-state index in [-0.39, 0.29) is 12.2 Å². The van der Waals surface area contributed by atoms with E-state index in [0.717, 1.165) is 16.5 Å². The normalized spacial score (nSPS) is 10.6. The molecule has 0 saturated heterocycles. The van der Waals surface area contributed by atoms with Crippen LogP contribution in [0.15, 0.2) is 18.3 Å². The minimum atomic E-state index is -0.542. The van der Waals surface area contributed by atoms with Crippen molar-refractivity contribution in [3.05, 3.63) is 34.5 Å². The molecule has 0 radical (unpaired) electrons. The summed E-state index contributed by atoms with van der Waals surface area (Å²) in [4.78, 5) is 26.0. The van der Waals surface area contributed by atoms with E-state index >= 15 is 0 Å². The van der Waals surface area contributed by atoms with E-state index in [4.69, 9.17) is 11.6 Å². The van der Waals surface area contributed by atoms with Gasteiger partial charge < -0.3 is 9.72 Å². The smallest absolute Gasteiger partial charge is 0.313 e. The highest BCUT2D eigenvalue weighted by Gasteiger charge is 2.17. The minimum Gasteiger partial charge on any atom is -0.469 e. The number of benzene rings is 1. The van der Waals surface area contributed by atoms with Crippen LogP contribution < -0.4 is 0 Å². The number of H-pyrrole nitrogens is 1. The molecule has 5 heteroatoms. The van der Waals surface area contributed by atoms with Crippen LogP contribution in [-0.4, -0.2) is 23.8 Å². The maximum atomic E-state index is 11.9. The molecule has 0 fully saturated rings. The predicted molar refractivity (Wildman–Crippen MR) is 69.0 cm³/mol. The van der Waals surface area contributed by atoms with Crippen molar-refractivity contribution in [3.63, 3.8) is 0 Å². The fraction of sp³-hybridized carbons (Fsp3) is 0.231. The van der Waals surface area contributed by atoms with Gasteiger partial charge in [0.1, 0.15) is 6.42 Å². The average molecular weight is 266 g/mol. The molecule has 2 aromatic rings. The topological polar surface area (TPSA) is 59.2 Å². The predicted octanol–water partition coefficient (Wildman–Crippen LogP) is 2.88. The molecule has 0 saturated carbocycles. The Labute approximate surface area is 109 Å². The number of aromatic amines is 1. The van der Waals surface area contributed by atoms with Gasteiger partial charge in [-0.25, -0.2) is 0 Å². The monoisotopic (exact) mass is 265 g/mol. The second-order valence-corrected chi connectivity index (χ2v) is 4.38. The lowest BCUT2D eigenvalue weighted by atomic mass is 10.1. The molecule has 1 heterocycles. The van der Waals surface area contributed by atoms with Crippen LogP contribution in [0.3, 0.4) is 0 Å². The number of ketones is 1. The van der Waals surface area contributed by atoms with Gasteiger partial charge in [0, 0.05) is 22.2 Å². The fourth-order valence-corrected chi connectivity index (χ4v) is 2.01.